The summed E-state index contributed by atoms with van der Waals surface area (Å²) >= 11 is 0. The summed E-state index contributed by atoms with van der Waals surface area (Å²) in [5.41, 5.74) is 10.2. The van der Waals surface area contributed by atoms with Crippen LogP contribution in [0.3, 0.4) is 0 Å². The molecule has 4 aromatic carbocycles. The molecule has 2 aromatic heterocycles. The molecule has 2 atom stereocenters. The van der Waals surface area contributed by atoms with Gasteiger partial charge in [0.1, 0.15) is 0 Å². The van der Waals surface area contributed by atoms with E-state index in [1.165, 1.54) is 33.3 Å². The molecule has 162 valence electrons. The number of nitrogens with zero attached hydrogens (tertiary/aromatic N) is 4. The summed E-state index contributed by atoms with van der Waals surface area (Å²) in [7, 11) is 0. The van der Waals surface area contributed by atoms with Gasteiger partial charge in [-0.1, -0.05) is 72.8 Å². The summed E-state index contributed by atoms with van der Waals surface area (Å²) in [6.07, 6.45) is 4.10. The van der Waals surface area contributed by atoms with E-state index in [-0.39, 0.29) is 23.9 Å². The van der Waals surface area contributed by atoms with Crippen molar-refractivity contribution in [2.24, 2.45) is 0 Å². The van der Waals surface area contributed by atoms with Crippen LogP contribution in [0.5, 0.6) is 0 Å². The predicted octanol–water partition coefficient (Wildman–Crippen LogP) is 6.46. The van der Waals surface area contributed by atoms with Gasteiger partial charge in [0.2, 0.25) is 0 Å². The topological polar surface area (TPSA) is 35.6 Å². The molecule has 9 rings (SSSR count). The Morgan fingerprint density at radius 3 is 1.21 bits per heavy atom. The van der Waals surface area contributed by atoms with Crippen LogP contribution >= 0.6 is 0 Å². The molecule has 2 heterocycles. The fourth-order valence-electron chi connectivity index (χ4n) is 6.70. The Kier molecular flexibility index (Phi) is 3.59. The standard InChI is InChI=1S/C30H22N4/c1-2-10-20-19(9-1)27-21-11-3-4-12-22(21)28(20)30(34-18-32-24-14-6-8-16-26(24)34)29(27)33-17-31-23-13-5-7-15-25(23)33/h1-18,27-30H. The zero-order chi connectivity index (χ0) is 22.2. The Morgan fingerprint density at radius 1 is 0.441 bits per heavy atom. The minimum atomic E-state index is 0.180. The van der Waals surface area contributed by atoms with Gasteiger partial charge in [-0.25, -0.2) is 9.97 Å². The molecule has 0 saturated carbocycles. The van der Waals surface area contributed by atoms with Crippen molar-refractivity contribution in [1.82, 2.24) is 19.1 Å². The van der Waals surface area contributed by atoms with Crippen LogP contribution in [0.4, 0.5) is 0 Å². The molecule has 0 amide bonds. The lowest BCUT2D eigenvalue weighted by atomic mass is 9.59. The van der Waals surface area contributed by atoms with Gasteiger partial charge in [0.25, 0.3) is 0 Å². The quantitative estimate of drug-likeness (QED) is 0.311. The van der Waals surface area contributed by atoms with Crippen LogP contribution in [0.25, 0.3) is 22.1 Å². The Morgan fingerprint density at radius 2 is 0.794 bits per heavy atom. The lowest BCUT2D eigenvalue weighted by Crippen LogP contribution is -2.42. The SMILES string of the molecule is c1ccc2c(c1)C1c3ccccc3C2C(n2cnc3ccccc32)C1n1cnc2ccccc21. The van der Waals surface area contributed by atoms with Crippen molar-refractivity contribution in [2.75, 3.05) is 0 Å². The van der Waals surface area contributed by atoms with Gasteiger partial charge >= 0.3 is 0 Å². The molecule has 3 aliphatic carbocycles. The van der Waals surface area contributed by atoms with Gasteiger partial charge in [-0.15, -0.1) is 0 Å². The fourth-order valence-corrected chi connectivity index (χ4v) is 6.70. The van der Waals surface area contributed by atoms with Gasteiger partial charge in [0.05, 0.1) is 46.8 Å². The van der Waals surface area contributed by atoms with Crippen LogP contribution in [0.1, 0.15) is 46.2 Å². The fraction of sp³-hybridized carbons (Fsp3) is 0.133. The van der Waals surface area contributed by atoms with Crippen molar-refractivity contribution in [1.29, 1.82) is 0 Å². The summed E-state index contributed by atoms with van der Waals surface area (Å²) in [6.45, 7) is 0. The second-order valence-corrected chi connectivity index (χ2v) is 9.48. The molecule has 0 N–H and O–H groups in total. The van der Waals surface area contributed by atoms with Gasteiger partial charge in [0, 0.05) is 11.8 Å². The summed E-state index contributed by atoms with van der Waals surface area (Å²) in [5, 5.41) is 0. The monoisotopic (exact) mass is 438 g/mol. The van der Waals surface area contributed by atoms with Crippen LogP contribution < -0.4 is 0 Å². The van der Waals surface area contributed by atoms with Crippen molar-refractivity contribution >= 4 is 22.1 Å². The van der Waals surface area contributed by atoms with E-state index in [1.807, 2.05) is 12.7 Å². The second-order valence-electron chi connectivity index (χ2n) is 9.48. The van der Waals surface area contributed by atoms with E-state index in [1.54, 1.807) is 0 Å². The summed E-state index contributed by atoms with van der Waals surface area (Å²) < 4.78 is 4.86. The molecule has 3 aliphatic rings. The highest BCUT2D eigenvalue weighted by Crippen LogP contribution is 2.62. The smallest absolute Gasteiger partial charge is 0.0962 e. The predicted molar refractivity (Wildman–Crippen MR) is 134 cm³/mol. The first-order chi connectivity index (χ1) is 16.9. The number of fused-ring (bicyclic) bond motifs is 3. The number of rotatable bonds is 2. The molecule has 2 unspecified atom stereocenters. The third-order valence-electron chi connectivity index (χ3n) is 7.97. The third-order valence-corrected chi connectivity index (χ3v) is 7.97. The van der Waals surface area contributed by atoms with E-state index in [0.29, 0.717) is 0 Å². The number of aromatic nitrogens is 4. The van der Waals surface area contributed by atoms with E-state index in [9.17, 15) is 0 Å². The second kappa shape index (κ2) is 6.67. The molecule has 0 aliphatic heterocycles. The van der Waals surface area contributed by atoms with Gasteiger partial charge in [0.15, 0.2) is 0 Å². The summed E-state index contributed by atoms with van der Waals surface area (Å²) in [4.78, 5) is 9.61. The Bertz CT molecular complexity index is 1530. The molecule has 0 spiro atoms. The summed E-state index contributed by atoms with van der Waals surface area (Å²) in [6, 6.07) is 35.4. The molecule has 0 fully saturated rings. The molecule has 34 heavy (non-hydrogen) atoms. The molecular formula is C30H22N4. The number of benzene rings is 4. The first kappa shape index (κ1) is 18.3. The highest BCUT2D eigenvalue weighted by molar-refractivity contribution is 5.77. The summed E-state index contributed by atoms with van der Waals surface area (Å²) in [5.74, 6) is 0.474. The Balaban J connectivity index is 1.49. The first-order valence-corrected chi connectivity index (χ1v) is 11.9. The molecule has 0 radical (unpaired) electrons. The molecule has 6 aromatic rings. The van der Waals surface area contributed by atoms with E-state index < -0.39 is 0 Å². The van der Waals surface area contributed by atoms with Crippen molar-refractivity contribution in [3.63, 3.8) is 0 Å². The average Bonchev–Trinajstić information content (AvgIpc) is 3.53. The highest BCUT2D eigenvalue weighted by atomic mass is 15.2. The maximum Gasteiger partial charge on any atom is 0.0962 e. The molecule has 2 bridgehead atoms. The number of para-hydroxylation sites is 4. The van der Waals surface area contributed by atoms with Gasteiger partial charge in [-0.3, -0.25) is 0 Å². The number of hydrogen-bond acceptors (Lipinski definition) is 2. The van der Waals surface area contributed by atoms with Crippen LogP contribution in [0.2, 0.25) is 0 Å². The lowest BCUT2D eigenvalue weighted by molar-refractivity contribution is 0.242. The molecular weight excluding hydrogens is 416 g/mol. The first-order valence-electron chi connectivity index (χ1n) is 11.9. The van der Waals surface area contributed by atoms with Gasteiger partial charge in [-0.05, 0) is 46.5 Å². The number of imidazole rings is 2. The minimum Gasteiger partial charge on any atom is -0.324 e. The zero-order valence-electron chi connectivity index (χ0n) is 18.5. The van der Waals surface area contributed by atoms with Crippen LogP contribution in [0, 0.1) is 0 Å². The lowest BCUT2D eigenvalue weighted by Gasteiger charge is -2.51. The van der Waals surface area contributed by atoms with Crippen LogP contribution in [0.15, 0.2) is 110 Å². The van der Waals surface area contributed by atoms with E-state index in [4.69, 9.17) is 9.97 Å². The Labute approximate surface area is 197 Å². The maximum absolute atomic E-state index is 4.81. The molecule has 4 nitrogen and oxygen atoms in total. The number of hydrogen-bond donors (Lipinski definition) is 0. The largest absolute Gasteiger partial charge is 0.324 e. The van der Waals surface area contributed by atoms with Crippen molar-refractivity contribution in [2.45, 2.75) is 23.9 Å². The molecule has 4 heteroatoms. The van der Waals surface area contributed by atoms with Crippen molar-refractivity contribution in [3.05, 3.63) is 132 Å². The van der Waals surface area contributed by atoms with Crippen molar-refractivity contribution in [3.8, 4) is 0 Å². The van der Waals surface area contributed by atoms with Crippen LogP contribution in [-0.4, -0.2) is 19.1 Å². The van der Waals surface area contributed by atoms with Crippen molar-refractivity contribution < 1.29 is 0 Å². The van der Waals surface area contributed by atoms with Gasteiger partial charge in [-0.2, -0.15) is 0 Å². The Hall–Kier alpha value is -4.18. The van der Waals surface area contributed by atoms with Gasteiger partial charge < -0.3 is 9.13 Å². The normalized spacial score (nSPS) is 22.7. The van der Waals surface area contributed by atoms with E-state index in [2.05, 4.69) is 106 Å². The van der Waals surface area contributed by atoms with Crippen LogP contribution in [-0.2, 0) is 0 Å². The highest BCUT2D eigenvalue weighted by Gasteiger charge is 2.51. The molecule has 0 saturated heterocycles. The minimum absolute atomic E-state index is 0.180. The maximum atomic E-state index is 4.81. The third kappa shape index (κ3) is 2.27. The zero-order valence-corrected chi connectivity index (χ0v) is 18.5. The average molecular weight is 439 g/mol. The van der Waals surface area contributed by atoms with E-state index in [0.717, 1.165) is 11.0 Å². The van der Waals surface area contributed by atoms with E-state index >= 15 is 0 Å².